The van der Waals surface area contributed by atoms with Crippen LogP contribution in [0.5, 0.6) is 0 Å². The summed E-state index contributed by atoms with van der Waals surface area (Å²) in [4.78, 5) is 22.7. The Morgan fingerprint density at radius 2 is 2.04 bits per heavy atom. The maximum absolute atomic E-state index is 13.5. The van der Waals surface area contributed by atoms with Gasteiger partial charge >= 0.3 is 0 Å². The monoisotopic (exact) mass is 347 g/mol. The minimum atomic E-state index is -0.273. The van der Waals surface area contributed by atoms with Crippen molar-refractivity contribution in [3.8, 4) is 0 Å². The van der Waals surface area contributed by atoms with Crippen molar-refractivity contribution < 1.29 is 4.79 Å². The van der Waals surface area contributed by atoms with Crippen molar-refractivity contribution in [2.24, 2.45) is 5.92 Å². The van der Waals surface area contributed by atoms with Gasteiger partial charge in [0.05, 0.1) is 11.7 Å². The lowest BCUT2D eigenvalue weighted by Crippen LogP contribution is -2.49. The van der Waals surface area contributed by atoms with Crippen LogP contribution in [0.1, 0.15) is 42.1 Å². The third-order valence-corrected chi connectivity index (χ3v) is 6.78. The molecule has 5 rings (SSSR count). The van der Waals surface area contributed by atoms with Crippen LogP contribution in [0.25, 0.3) is 0 Å². The summed E-state index contributed by atoms with van der Waals surface area (Å²) >= 11 is 0. The molecule has 134 valence electrons. The van der Waals surface area contributed by atoms with Crippen molar-refractivity contribution in [3.63, 3.8) is 0 Å². The first kappa shape index (κ1) is 16.0. The molecule has 2 aromatic rings. The van der Waals surface area contributed by atoms with Crippen molar-refractivity contribution in [1.29, 1.82) is 0 Å². The fraction of sp³-hybridized carbons (Fsp3) is 0.455. The first-order valence-electron chi connectivity index (χ1n) is 9.72. The summed E-state index contributed by atoms with van der Waals surface area (Å²) in [6.07, 6.45) is 5.04. The number of benzene rings is 1. The van der Waals surface area contributed by atoms with Crippen molar-refractivity contribution in [2.75, 3.05) is 13.1 Å². The topological polar surface area (TPSA) is 36.4 Å². The van der Waals surface area contributed by atoms with Gasteiger partial charge in [-0.05, 0) is 56.0 Å². The van der Waals surface area contributed by atoms with E-state index >= 15 is 0 Å². The number of pyridine rings is 1. The molecule has 1 spiro atoms. The van der Waals surface area contributed by atoms with E-state index in [-0.39, 0.29) is 5.54 Å². The van der Waals surface area contributed by atoms with E-state index in [0.717, 1.165) is 44.6 Å². The van der Waals surface area contributed by atoms with Crippen LogP contribution in [-0.4, -0.2) is 39.3 Å². The fourth-order valence-corrected chi connectivity index (χ4v) is 5.56. The Morgan fingerprint density at radius 1 is 1.19 bits per heavy atom. The van der Waals surface area contributed by atoms with Gasteiger partial charge in [0.2, 0.25) is 5.91 Å². The maximum Gasteiger partial charge on any atom is 0.243 e. The Morgan fingerprint density at radius 3 is 2.85 bits per heavy atom. The first-order valence-corrected chi connectivity index (χ1v) is 9.72. The van der Waals surface area contributed by atoms with Crippen LogP contribution in [-0.2, 0) is 11.3 Å². The predicted molar refractivity (Wildman–Crippen MR) is 100 cm³/mol. The average Bonchev–Trinajstić information content (AvgIpc) is 3.29. The van der Waals surface area contributed by atoms with Crippen molar-refractivity contribution >= 4 is 5.91 Å². The SMILES string of the molecule is Cc1ccccc1CN1C[C@@H]2C[C@@H](c3ccccn3)N3CCC[C@@]23C1=O. The smallest absolute Gasteiger partial charge is 0.243 e. The van der Waals surface area contributed by atoms with Gasteiger partial charge in [0, 0.05) is 25.2 Å². The number of carbonyl (C=O) groups excluding carboxylic acids is 1. The van der Waals surface area contributed by atoms with Crippen LogP contribution in [0.2, 0.25) is 0 Å². The van der Waals surface area contributed by atoms with Crippen LogP contribution in [0, 0.1) is 12.8 Å². The van der Waals surface area contributed by atoms with Crippen LogP contribution in [0.15, 0.2) is 48.7 Å². The van der Waals surface area contributed by atoms with Gasteiger partial charge in [-0.1, -0.05) is 30.3 Å². The van der Waals surface area contributed by atoms with E-state index in [4.69, 9.17) is 0 Å². The number of likely N-dealkylation sites (tertiary alicyclic amines) is 1. The first-order chi connectivity index (χ1) is 12.7. The molecule has 1 aromatic carbocycles. The Labute approximate surface area is 154 Å². The molecule has 3 saturated heterocycles. The molecule has 3 atom stereocenters. The van der Waals surface area contributed by atoms with E-state index in [2.05, 4.69) is 58.1 Å². The largest absolute Gasteiger partial charge is 0.336 e. The molecule has 0 N–H and O–H groups in total. The van der Waals surface area contributed by atoms with Gasteiger partial charge in [-0.2, -0.15) is 0 Å². The van der Waals surface area contributed by atoms with Crippen molar-refractivity contribution in [1.82, 2.24) is 14.8 Å². The summed E-state index contributed by atoms with van der Waals surface area (Å²) in [5.74, 6) is 0.773. The standard InChI is InChI=1S/C22H25N3O/c1-16-7-2-3-8-17(16)14-24-15-18-13-20(19-9-4-5-11-23-19)25-12-6-10-22(18,25)21(24)26/h2-5,7-9,11,18,20H,6,10,12-15H2,1H3/t18-,20-,22-/m0/s1. The van der Waals surface area contributed by atoms with Gasteiger partial charge in [0.15, 0.2) is 0 Å². The van der Waals surface area contributed by atoms with Crippen LogP contribution < -0.4 is 0 Å². The molecule has 0 aliphatic carbocycles. The fourth-order valence-electron chi connectivity index (χ4n) is 5.56. The predicted octanol–water partition coefficient (Wildman–Crippen LogP) is 3.33. The molecule has 3 aliphatic heterocycles. The van der Waals surface area contributed by atoms with Gasteiger partial charge in [0.1, 0.15) is 5.54 Å². The second-order valence-corrected chi connectivity index (χ2v) is 8.04. The number of carbonyl (C=O) groups is 1. The highest BCUT2D eigenvalue weighted by atomic mass is 16.2. The highest BCUT2D eigenvalue weighted by molar-refractivity contribution is 5.90. The third kappa shape index (κ3) is 2.18. The molecule has 1 aromatic heterocycles. The number of aryl methyl sites for hydroxylation is 1. The van der Waals surface area contributed by atoms with Crippen LogP contribution in [0.4, 0.5) is 0 Å². The minimum absolute atomic E-state index is 0.273. The van der Waals surface area contributed by atoms with Crippen molar-refractivity contribution in [2.45, 2.75) is 44.3 Å². The zero-order valence-electron chi connectivity index (χ0n) is 15.3. The van der Waals surface area contributed by atoms with E-state index in [0.29, 0.717) is 17.9 Å². The molecule has 0 radical (unpaired) electrons. The lowest BCUT2D eigenvalue weighted by molar-refractivity contribution is -0.137. The van der Waals surface area contributed by atoms with Crippen molar-refractivity contribution in [3.05, 3.63) is 65.5 Å². The summed E-state index contributed by atoms with van der Waals surface area (Å²) in [5, 5.41) is 0. The third-order valence-electron chi connectivity index (χ3n) is 6.78. The lowest BCUT2D eigenvalue weighted by atomic mass is 9.85. The van der Waals surface area contributed by atoms with Gasteiger partial charge in [0.25, 0.3) is 0 Å². The molecule has 0 bridgehead atoms. The number of amides is 1. The highest BCUT2D eigenvalue weighted by Crippen LogP contribution is 2.55. The molecular formula is C22H25N3O. The van der Waals surface area contributed by atoms with E-state index in [9.17, 15) is 4.79 Å². The average molecular weight is 347 g/mol. The van der Waals surface area contributed by atoms with Crippen LogP contribution >= 0.6 is 0 Å². The normalized spacial score (nSPS) is 30.7. The molecule has 0 saturated carbocycles. The molecule has 3 aliphatic rings. The van der Waals surface area contributed by atoms with Gasteiger partial charge in [-0.3, -0.25) is 14.7 Å². The van der Waals surface area contributed by atoms with E-state index in [1.807, 2.05) is 12.3 Å². The summed E-state index contributed by atoms with van der Waals surface area (Å²) in [6, 6.07) is 14.9. The highest BCUT2D eigenvalue weighted by Gasteiger charge is 2.65. The Kier molecular flexibility index (Phi) is 3.64. The maximum atomic E-state index is 13.5. The molecular weight excluding hydrogens is 322 g/mol. The molecule has 4 heterocycles. The van der Waals surface area contributed by atoms with Gasteiger partial charge in [-0.25, -0.2) is 0 Å². The molecule has 4 nitrogen and oxygen atoms in total. The summed E-state index contributed by atoms with van der Waals surface area (Å²) in [7, 11) is 0. The number of rotatable bonds is 3. The number of hydrogen-bond donors (Lipinski definition) is 0. The second kappa shape index (κ2) is 5.92. The van der Waals surface area contributed by atoms with E-state index in [1.165, 1.54) is 11.1 Å². The molecule has 4 heteroatoms. The lowest BCUT2D eigenvalue weighted by Gasteiger charge is -2.33. The summed E-state index contributed by atoms with van der Waals surface area (Å²) in [5.41, 5.74) is 3.39. The Hall–Kier alpha value is -2.20. The quantitative estimate of drug-likeness (QED) is 0.854. The zero-order valence-corrected chi connectivity index (χ0v) is 15.3. The Balaban J connectivity index is 1.44. The molecule has 0 unspecified atom stereocenters. The van der Waals surface area contributed by atoms with Gasteiger partial charge in [-0.15, -0.1) is 0 Å². The van der Waals surface area contributed by atoms with Crippen LogP contribution in [0.3, 0.4) is 0 Å². The molecule has 1 amide bonds. The second-order valence-electron chi connectivity index (χ2n) is 8.04. The number of nitrogens with zero attached hydrogens (tertiary/aromatic N) is 3. The van der Waals surface area contributed by atoms with E-state index < -0.39 is 0 Å². The Bertz CT molecular complexity index is 836. The zero-order chi connectivity index (χ0) is 17.7. The summed E-state index contributed by atoms with van der Waals surface area (Å²) in [6.45, 7) is 4.77. The van der Waals surface area contributed by atoms with E-state index in [1.54, 1.807) is 0 Å². The number of aromatic nitrogens is 1. The minimum Gasteiger partial charge on any atom is -0.336 e. The summed E-state index contributed by atoms with van der Waals surface area (Å²) < 4.78 is 0. The number of hydrogen-bond acceptors (Lipinski definition) is 3. The molecule has 3 fully saturated rings. The molecule has 26 heavy (non-hydrogen) atoms. The van der Waals surface area contributed by atoms with Gasteiger partial charge < -0.3 is 4.90 Å².